The smallest absolute Gasteiger partial charge is 0.329 e. The summed E-state index contributed by atoms with van der Waals surface area (Å²) < 4.78 is 5.10. The zero-order valence-corrected chi connectivity index (χ0v) is 15.4. The van der Waals surface area contributed by atoms with E-state index in [4.69, 9.17) is 10.00 Å². The summed E-state index contributed by atoms with van der Waals surface area (Å²) in [6.07, 6.45) is -1.07. The highest BCUT2D eigenvalue weighted by Gasteiger charge is 2.23. The highest BCUT2D eigenvalue weighted by molar-refractivity contribution is 5.96. The summed E-state index contributed by atoms with van der Waals surface area (Å²) in [4.78, 5) is 36.1. The molecule has 3 N–H and O–H groups in total. The van der Waals surface area contributed by atoms with Gasteiger partial charge in [0.05, 0.1) is 11.6 Å². The Morgan fingerprint density at radius 1 is 0.929 bits per heavy atom. The second-order valence-electron chi connectivity index (χ2n) is 5.94. The molecule has 0 saturated carbocycles. The minimum atomic E-state index is -1.07. The van der Waals surface area contributed by atoms with Crippen LogP contribution in [0, 0.1) is 11.3 Å². The lowest BCUT2D eigenvalue weighted by atomic mass is 10.2. The fourth-order valence-corrected chi connectivity index (χ4v) is 2.15. The lowest BCUT2D eigenvalue weighted by Gasteiger charge is -2.18. The molecule has 0 spiro atoms. The van der Waals surface area contributed by atoms with Crippen LogP contribution in [0.4, 0.5) is 16.2 Å². The first-order valence-corrected chi connectivity index (χ1v) is 8.53. The highest BCUT2D eigenvalue weighted by Crippen LogP contribution is 2.10. The fourth-order valence-electron chi connectivity index (χ4n) is 2.15. The first-order chi connectivity index (χ1) is 13.4. The van der Waals surface area contributed by atoms with Crippen molar-refractivity contribution in [1.29, 1.82) is 5.26 Å². The maximum Gasteiger partial charge on any atom is 0.329 e. The molecule has 8 heteroatoms. The molecule has 0 fully saturated rings. The Hall–Kier alpha value is -3.86. The molecular formula is C20H20N4O4. The van der Waals surface area contributed by atoms with Gasteiger partial charge in [-0.25, -0.2) is 9.59 Å². The van der Waals surface area contributed by atoms with Crippen molar-refractivity contribution in [2.24, 2.45) is 0 Å². The fraction of sp³-hybridized carbons (Fsp3) is 0.200. The highest BCUT2D eigenvalue weighted by atomic mass is 16.5. The van der Waals surface area contributed by atoms with Crippen LogP contribution in [0.2, 0.25) is 0 Å². The van der Waals surface area contributed by atoms with E-state index in [1.165, 1.54) is 13.8 Å². The van der Waals surface area contributed by atoms with Gasteiger partial charge in [0.25, 0.3) is 5.91 Å². The number of anilines is 2. The van der Waals surface area contributed by atoms with Gasteiger partial charge in [-0.05, 0) is 50.2 Å². The molecule has 0 radical (unpaired) electrons. The van der Waals surface area contributed by atoms with E-state index in [0.29, 0.717) is 16.9 Å². The molecule has 0 bridgehead atoms. The van der Waals surface area contributed by atoms with E-state index in [0.717, 1.165) is 0 Å². The molecule has 0 aliphatic heterocycles. The molecule has 0 aromatic heterocycles. The predicted molar refractivity (Wildman–Crippen MR) is 103 cm³/mol. The number of nitrogens with zero attached hydrogens (tertiary/aromatic N) is 1. The number of rotatable bonds is 6. The number of carbonyl (C=O) groups excluding carboxylic acids is 3. The van der Waals surface area contributed by atoms with Crippen molar-refractivity contribution in [2.45, 2.75) is 26.0 Å². The molecule has 2 aromatic carbocycles. The summed E-state index contributed by atoms with van der Waals surface area (Å²) in [7, 11) is 0. The Morgan fingerprint density at radius 2 is 1.54 bits per heavy atom. The largest absolute Gasteiger partial charge is 0.451 e. The molecule has 0 aliphatic rings. The lowest BCUT2D eigenvalue weighted by Crippen LogP contribution is -2.44. The van der Waals surface area contributed by atoms with Crippen molar-refractivity contribution in [2.75, 3.05) is 10.6 Å². The van der Waals surface area contributed by atoms with Gasteiger partial charge in [-0.1, -0.05) is 18.2 Å². The third-order valence-electron chi connectivity index (χ3n) is 3.68. The molecule has 0 saturated heterocycles. The minimum absolute atomic E-state index is 0.464. The van der Waals surface area contributed by atoms with Gasteiger partial charge in [0.15, 0.2) is 6.10 Å². The molecule has 2 unspecified atom stereocenters. The van der Waals surface area contributed by atoms with Gasteiger partial charge in [-0.15, -0.1) is 0 Å². The number of esters is 1. The van der Waals surface area contributed by atoms with Gasteiger partial charge >= 0.3 is 12.0 Å². The number of hydrogen-bond donors (Lipinski definition) is 3. The zero-order valence-electron chi connectivity index (χ0n) is 15.4. The summed E-state index contributed by atoms with van der Waals surface area (Å²) in [5.74, 6) is -1.27. The molecule has 2 aromatic rings. The van der Waals surface area contributed by atoms with Crippen LogP contribution < -0.4 is 16.0 Å². The van der Waals surface area contributed by atoms with E-state index in [9.17, 15) is 14.4 Å². The third kappa shape index (κ3) is 6.14. The Morgan fingerprint density at radius 3 is 2.14 bits per heavy atom. The predicted octanol–water partition coefficient (Wildman–Crippen LogP) is 2.64. The number of urea groups is 1. The molecule has 0 heterocycles. The van der Waals surface area contributed by atoms with E-state index in [-0.39, 0.29) is 0 Å². The summed E-state index contributed by atoms with van der Waals surface area (Å²) >= 11 is 0. The first kappa shape index (κ1) is 20.5. The zero-order chi connectivity index (χ0) is 20.5. The van der Waals surface area contributed by atoms with Gasteiger partial charge in [0, 0.05) is 11.4 Å². The Kier molecular flexibility index (Phi) is 7.11. The SMILES string of the molecule is CC(NC(=O)Nc1ccccc1)C(=O)OC(C)C(=O)Nc1ccc(C#N)cc1. The van der Waals surface area contributed by atoms with Crippen molar-refractivity contribution >= 4 is 29.3 Å². The van der Waals surface area contributed by atoms with Crippen LogP contribution in [0.15, 0.2) is 54.6 Å². The van der Waals surface area contributed by atoms with Crippen LogP contribution in [0.3, 0.4) is 0 Å². The number of carbonyl (C=O) groups is 3. The minimum Gasteiger partial charge on any atom is -0.451 e. The molecule has 28 heavy (non-hydrogen) atoms. The van der Waals surface area contributed by atoms with Crippen molar-refractivity contribution in [3.63, 3.8) is 0 Å². The molecule has 2 rings (SSSR count). The number of nitrogens with one attached hydrogen (secondary N) is 3. The second-order valence-corrected chi connectivity index (χ2v) is 5.94. The monoisotopic (exact) mass is 380 g/mol. The Balaban J connectivity index is 1.81. The van der Waals surface area contributed by atoms with Gasteiger partial charge < -0.3 is 20.7 Å². The van der Waals surface area contributed by atoms with Crippen LogP contribution in [-0.4, -0.2) is 30.1 Å². The average molecular weight is 380 g/mol. The van der Waals surface area contributed by atoms with Crippen LogP contribution in [-0.2, 0) is 14.3 Å². The molecule has 8 nitrogen and oxygen atoms in total. The average Bonchev–Trinajstić information content (AvgIpc) is 2.69. The van der Waals surface area contributed by atoms with E-state index in [2.05, 4.69) is 16.0 Å². The van der Waals surface area contributed by atoms with E-state index in [1.54, 1.807) is 48.5 Å². The second kappa shape index (κ2) is 9.73. The van der Waals surface area contributed by atoms with Crippen molar-refractivity contribution in [3.05, 3.63) is 60.2 Å². The summed E-state index contributed by atoms with van der Waals surface area (Å²) in [5.41, 5.74) is 1.52. The van der Waals surface area contributed by atoms with E-state index in [1.807, 2.05) is 12.1 Å². The number of nitriles is 1. The first-order valence-electron chi connectivity index (χ1n) is 8.53. The maximum absolute atomic E-state index is 12.1. The number of ether oxygens (including phenoxy) is 1. The molecular weight excluding hydrogens is 360 g/mol. The summed E-state index contributed by atoms with van der Waals surface area (Å²) in [6.45, 7) is 2.88. The van der Waals surface area contributed by atoms with Gasteiger partial charge in [-0.2, -0.15) is 5.26 Å². The number of benzene rings is 2. The topological polar surface area (TPSA) is 120 Å². The molecule has 144 valence electrons. The Bertz CT molecular complexity index is 875. The van der Waals surface area contributed by atoms with Crippen LogP contribution >= 0.6 is 0 Å². The summed E-state index contributed by atoms with van der Waals surface area (Å²) in [6, 6.07) is 15.5. The molecule has 3 amide bonds. The van der Waals surface area contributed by atoms with Crippen molar-refractivity contribution in [3.8, 4) is 6.07 Å². The molecule has 0 aliphatic carbocycles. The molecule has 2 atom stereocenters. The van der Waals surface area contributed by atoms with E-state index < -0.39 is 30.1 Å². The quantitative estimate of drug-likeness (QED) is 0.665. The normalized spacial score (nSPS) is 12.0. The number of hydrogen-bond acceptors (Lipinski definition) is 5. The van der Waals surface area contributed by atoms with Gasteiger partial charge in [0.2, 0.25) is 0 Å². The lowest BCUT2D eigenvalue weighted by molar-refractivity contribution is -0.154. The standard InChI is InChI=1S/C20H20N4O4/c1-13(22-20(27)24-16-6-4-3-5-7-16)19(26)28-14(2)18(25)23-17-10-8-15(12-21)9-11-17/h3-11,13-14H,1-2H3,(H,23,25)(H2,22,24,27). The van der Waals surface area contributed by atoms with E-state index >= 15 is 0 Å². The summed E-state index contributed by atoms with van der Waals surface area (Å²) in [5, 5.41) is 16.4. The Labute approximate surface area is 162 Å². The van der Waals surface area contributed by atoms with Crippen LogP contribution in [0.25, 0.3) is 0 Å². The van der Waals surface area contributed by atoms with Crippen LogP contribution in [0.5, 0.6) is 0 Å². The van der Waals surface area contributed by atoms with Crippen molar-refractivity contribution in [1.82, 2.24) is 5.32 Å². The third-order valence-corrected chi connectivity index (χ3v) is 3.68. The van der Waals surface area contributed by atoms with Gasteiger partial charge in [0.1, 0.15) is 6.04 Å². The maximum atomic E-state index is 12.1. The number of amides is 3. The van der Waals surface area contributed by atoms with Crippen molar-refractivity contribution < 1.29 is 19.1 Å². The van der Waals surface area contributed by atoms with Crippen LogP contribution in [0.1, 0.15) is 19.4 Å². The van der Waals surface area contributed by atoms with Gasteiger partial charge in [-0.3, -0.25) is 4.79 Å². The number of para-hydroxylation sites is 1.